The fourth-order valence-corrected chi connectivity index (χ4v) is 4.20. The summed E-state index contributed by atoms with van der Waals surface area (Å²) in [6.45, 7) is 6.32. The second-order valence-electron chi connectivity index (χ2n) is 8.25. The first-order valence-corrected chi connectivity index (χ1v) is 10.8. The molecule has 31 heavy (non-hydrogen) atoms. The van der Waals surface area contributed by atoms with Crippen LogP contribution in [0.4, 0.5) is 5.69 Å². The number of benzene rings is 1. The topological polar surface area (TPSA) is 68.1 Å². The quantitative estimate of drug-likeness (QED) is 0.657. The van der Waals surface area contributed by atoms with Crippen molar-refractivity contribution in [1.29, 1.82) is 0 Å². The van der Waals surface area contributed by atoms with Gasteiger partial charge in [0.1, 0.15) is 5.65 Å². The molecule has 0 saturated carbocycles. The van der Waals surface area contributed by atoms with E-state index in [4.69, 9.17) is 14.5 Å². The Balaban J connectivity index is 1.60. The molecule has 1 N–H and O–H groups in total. The van der Waals surface area contributed by atoms with E-state index in [0.717, 1.165) is 37.2 Å². The number of nitrogens with one attached hydrogen (secondary N) is 1. The number of piperidine rings is 1. The maximum atomic E-state index is 12.9. The van der Waals surface area contributed by atoms with Crippen molar-refractivity contribution in [3.8, 4) is 22.8 Å². The van der Waals surface area contributed by atoms with Gasteiger partial charge in [-0.2, -0.15) is 0 Å². The van der Waals surface area contributed by atoms with Crippen LogP contribution in [0.25, 0.3) is 16.9 Å². The number of pyridine rings is 1. The molecule has 4 rings (SSSR count). The lowest BCUT2D eigenvalue weighted by atomic mass is 10.0. The van der Waals surface area contributed by atoms with E-state index >= 15 is 0 Å². The van der Waals surface area contributed by atoms with Gasteiger partial charge in [-0.3, -0.25) is 9.20 Å². The average molecular weight is 423 g/mol. The zero-order valence-corrected chi connectivity index (χ0v) is 18.6. The Morgan fingerprint density at radius 1 is 1.03 bits per heavy atom. The minimum atomic E-state index is -0.104. The van der Waals surface area contributed by atoms with Gasteiger partial charge < -0.3 is 19.7 Å². The smallest absolute Gasteiger partial charge is 0.258 e. The molecule has 1 fully saturated rings. The Hall–Kier alpha value is -3.06. The highest BCUT2D eigenvalue weighted by molar-refractivity contribution is 5.66. The van der Waals surface area contributed by atoms with Crippen molar-refractivity contribution in [3.63, 3.8) is 0 Å². The summed E-state index contributed by atoms with van der Waals surface area (Å²) in [5, 5.41) is 3.62. The van der Waals surface area contributed by atoms with Gasteiger partial charge in [-0.1, -0.05) is 13.8 Å². The van der Waals surface area contributed by atoms with E-state index in [-0.39, 0.29) is 5.56 Å². The number of hydrogen-bond acceptors (Lipinski definition) is 6. The third kappa shape index (κ3) is 4.51. The summed E-state index contributed by atoms with van der Waals surface area (Å²) in [6.07, 6.45) is 4.10. The van der Waals surface area contributed by atoms with Gasteiger partial charge in [0.25, 0.3) is 5.56 Å². The SMILES string of the molecule is COc1ccc(-c2cc(=O)n3cc(N4CCC(NC(C)C)CC4)ccc3n2)cc1OC. The van der Waals surface area contributed by atoms with E-state index < -0.39 is 0 Å². The Labute approximate surface area is 182 Å². The number of hydrogen-bond donors (Lipinski definition) is 1. The van der Waals surface area contributed by atoms with E-state index in [1.54, 1.807) is 24.7 Å². The van der Waals surface area contributed by atoms with Crippen LogP contribution in [-0.4, -0.2) is 48.8 Å². The number of rotatable bonds is 6. The molecule has 2 aromatic heterocycles. The van der Waals surface area contributed by atoms with Crippen LogP contribution in [0.15, 0.2) is 47.4 Å². The molecule has 7 nitrogen and oxygen atoms in total. The van der Waals surface area contributed by atoms with Gasteiger partial charge in [0.05, 0.1) is 25.6 Å². The van der Waals surface area contributed by atoms with Gasteiger partial charge in [0.2, 0.25) is 0 Å². The molecule has 1 aliphatic rings. The Kier molecular flexibility index (Phi) is 6.13. The molecular weight excluding hydrogens is 392 g/mol. The highest BCUT2D eigenvalue weighted by atomic mass is 16.5. The number of methoxy groups -OCH3 is 2. The second kappa shape index (κ2) is 8.98. The van der Waals surface area contributed by atoms with Crippen LogP contribution < -0.4 is 25.2 Å². The molecule has 3 heterocycles. The van der Waals surface area contributed by atoms with E-state index in [2.05, 4.69) is 30.1 Å². The number of fused-ring (bicyclic) bond motifs is 1. The van der Waals surface area contributed by atoms with Gasteiger partial charge in [0, 0.05) is 43.0 Å². The number of aromatic nitrogens is 2. The lowest BCUT2D eigenvalue weighted by molar-refractivity contribution is 0.355. The van der Waals surface area contributed by atoms with Gasteiger partial charge >= 0.3 is 0 Å². The zero-order valence-electron chi connectivity index (χ0n) is 18.6. The summed E-state index contributed by atoms with van der Waals surface area (Å²) in [4.78, 5) is 19.9. The van der Waals surface area contributed by atoms with Crippen LogP contribution in [0.5, 0.6) is 11.5 Å². The Morgan fingerprint density at radius 3 is 2.45 bits per heavy atom. The van der Waals surface area contributed by atoms with Gasteiger partial charge in [-0.05, 0) is 43.2 Å². The molecule has 0 amide bonds. The molecule has 0 spiro atoms. The van der Waals surface area contributed by atoms with Crippen molar-refractivity contribution in [2.24, 2.45) is 0 Å². The fourth-order valence-electron chi connectivity index (χ4n) is 4.20. The average Bonchev–Trinajstić information content (AvgIpc) is 2.78. The molecule has 1 saturated heterocycles. The van der Waals surface area contributed by atoms with Gasteiger partial charge in [-0.25, -0.2) is 4.98 Å². The maximum absolute atomic E-state index is 12.9. The molecular formula is C24H30N4O3. The summed E-state index contributed by atoms with van der Waals surface area (Å²) < 4.78 is 12.3. The standard InChI is InChI=1S/C24H30N4O3/c1-16(2)25-18-9-11-27(12-10-18)19-6-8-23-26-20(14-24(29)28(23)15-19)17-5-7-21(30-3)22(13-17)31-4/h5-8,13-16,18,25H,9-12H2,1-4H3. The molecule has 3 aromatic rings. The largest absolute Gasteiger partial charge is 0.493 e. The summed E-state index contributed by atoms with van der Waals surface area (Å²) in [6, 6.07) is 12.1. The summed E-state index contributed by atoms with van der Waals surface area (Å²) in [5.41, 5.74) is 2.99. The van der Waals surface area contributed by atoms with Gasteiger partial charge in [-0.15, -0.1) is 0 Å². The summed E-state index contributed by atoms with van der Waals surface area (Å²) in [7, 11) is 3.19. The molecule has 1 aromatic carbocycles. The minimum Gasteiger partial charge on any atom is -0.493 e. The van der Waals surface area contributed by atoms with Crippen LogP contribution in [0, 0.1) is 0 Å². The Bertz CT molecular complexity index is 1120. The molecule has 0 unspecified atom stereocenters. The molecule has 0 radical (unpaired) electrons. The van der Waals surface area contributed by atoms with E-state index in [1.807, 2.05) is 30.5 Å². The van der Waals surface area contributed by atoms with Crippen LogP contribution in [0.3, 0.4) is 0 Å². The summed E-state index contributed by atoms with van der Waals surface area (Å²) >= 11 is 0. The van der Waals surface area contributed by atoms with Crippen molar-refractivity contribution in [1.82, 2.24) is 14.7 Å². The van der Waals surface area contributed by atoms with E-state index in [1.165, 1.54) is 0 Å². The van der Waals surface area contributed by atoms with E-state index in [0.29, 0.717) is 34.9 Å². The van der Waals surface area contributed by atoms with E-state index in [9.17, 15) is 4.79 Å². The second-order valence-corrected chi connectivity index (χ2v) is 8.25. The normalized spacial score (nSPS) is 14.9. The number of anilines is 1. The van der Waals surface area contributed by atoms with Crippen LogP contribution >= 0.6 is 0 Å². The van der Waals surface area contributed by atoms with Crippen molar-refractivity contribution in [2.75, 3.05) is 32.2 Å². The monoisotopic (exact) mass is 422 g/mol. The predicted octanol–water partition coefficient (Wildman–Crippen LogP) is 3.35. The van der Waals surface area contributed by atoms with Crippen LogP contribution in [0.2, 0.25) is 0 Å². The molecule has 164 valence electrons. The van der Waals surface area contributed by atoms with Gasteiger partial charge in [0.15, 0.2) is 11.5 Å². The third-order valence-corrected chi connectivity index (χ3v) is 5.75. The number of ether oxygens (including phenoxy) is 2. The molecule has 0 bridgehead atoms. The lowest BCUT2D eigenvalue weighted by Crippen LogP contribution is -2.44. The van der Waals surface area contributed by atoms with Crippen molar-refractivity contribution >= 4 is 11.3 Å². The first-order chi connectivity index (χ1) is 15.0. The molecule has 0 atom stereocenters. The lowest BCUT2D eigenvalue weighted by Gasteiger charge is -2.34. The first kappa shape index (κ1) is 21.2. The highest BCUT2D eigenvalue weighted by Crippen LogP contribution is 2.31. The first-order valence-electron chi connectivity index (χ1n) is 10.8. The zero-order chi connectivity index (χ0) is 22.0. The van der Waals surface area contributed by atoms with Crippen LogP contribution in [0.1, 0.15) is 26.7 Å². The molecule has 0 aliphatic carbocycles. The van der Waals surface area contributed by atoms with Crippen molar-refractivity contribution < 1.29 is 9.47 Å². The molecule has 7 heteroatoms. The summed E-state index contributed by atoms with van der Waals surface area (Å²) in [5.74, 6) is 1.24. The predicted molar refractivity (Wildman–Crippen MR) is 124 cm³/mol. The Morgan fingerprint density at radius 2 is 1.77 bits per heavy atom. The highest BCUT2D eigenvalue weighted by Gasteiger charge is 2.20. The molecule has 1 aliphatic heterocycles. The van der Waals surface area contributed by atoms with Crippen molar-refractivity contribution in [3.05, 3.63) is 52.9 Å². The maximum Gasteiger partial charge on any atom is 0.258 e. The fraction of sp³-hybridized carbons (Fsp3) is 0.417. The minimum absolute atomic E-state index is 0.104. The third-order valence-electron chi connectivity index (χ3n) is 5.75. The number of nitrogens with zero attached hydrogens (tertiary/aromatic N) is 3. The van der Waals surface area contributed by atoms with Crippen LogP contribution in [-0.2, 0) is 0 Å². The van der Waals surface area contributed by atoms with Crippen molar-refractivity contribution in [2.45, 2.75) is 38.8 Å².